The van der Waals surface area contributed by atoms with Crippen molar-refractivity contribution in [2.45, 2.75) is 31.8 Å². The summed E-state index contributed by atoms with van der Waals surface area (Å²) in [6.07, 6.45) is 1.59. The molecule has 0 aromatic carbocycles. The van der Waals surface area contributed by atoms with E-state index in [1.165, 1.54) is 0 Å². The van der Waals surface area contributed by atoms with Gasteiger partial charge in [-0.3, -0.25) is 0 Å². The summed E-state index contributed by atoms with van der Waals surface area (Å²) in [5.41, 5.74) is 2.15. The van der Waals surface area contributed by atoms with Crippen molar-refractivity contribution in [3.63, 3.8) is 0 Å². The maximum Gasteiger partial charge on any atom is 0.110 e. The van der Waals surface area contributed by atoms with Crippen molar-refractivity contribution in [3.05, 3.63) is 11.8 Å². The van der Waals surface area contributed by atoms with Gasteiger partial charge in [-0.05, 0) is 0 Å². The summed E-state index contributed by atoms with van der Waals surface area (Å²) >= 11 is 0. The largest absolute Gasteiger partial charge is 0.386 e. The third kappa shape index (κ3) is 3.70. The molecule has 0 unspecified atom stereocenters. The molecule has 1 fully saturated rings. The summed E-state index contributed by atoms with van der Waals surface area (Å²) in [4.78, 5) is 0. The van der Waals surface area contributed by atoms with Gasteiger partial charge in [0.2, 0.25) is 0 Å². The van der Waals surface area contributed by atoms with Crippen LogP contribution in [-0.2, 0) is 4.74 Å². The van der Waals surface area contributed by atoms with Crippen LogP contribution in [0.1, 0.15) is 0 Å². The molecule has 1 rings (SSSR count). The molecule has 1 heterocycles. The average molecular weight is 172 g/mol. The van der Waals surface area contributed by atoms with Crippen molar-refractivity contribution in [1.29, 1.82) is 0 Å². The number of hydrogen-bond acceptors (Lipinski definition) is 2. The van der Waals surface area contributed by atoms with Crippen molar-refractivity contribution < 1.29 is 9.84 Å². The van der Waals surface area contributed by atoms with Gasteiger partial charge in [-0.25, -0.2) is 0 Å². The summed E-state index contributed by atoms with van der Waals surface area (Å²) in [5.74, 6) is 0. The molecule has 3 heteroatoms. The fourth-order valence-electron chi connectivity index (χ4n) is 0.764. The fraction of sp³-hybridized carbons (Fsp3) is 0.750. The molecule has 0 spiro atoms. The molecule has 2 atom stereocenters. The van der Waals surface area contributed by atoms with Crippen LogP contribution in [0.15, 0.2) is 11.8 Å². The molecule has 1 N–H and O–H groups in total. The SMILES string of the molecule is C[Si](C)(C)/C=C/[C@H](O)[C@H]1CO1. The second-order valence-electron chi connectivity index (χ2n) is 4.09. The summed E-state index contributed by atoms with van der Waals surface area (Å²) in [5, 5.41) is 9.36. The summed E-state index contributed by atoms with van der Waals surface area (Å²) in [7, 11) is -1.13. The Kier molecular flexibility index (Phi) is 2.52. The molecule has 1 saturated heterocycles. The van der Waals surface area contributed by atoms with Crippen molar-refractivity contribution >= 4 is 8.07 Å². The molecule has 0 saturated carbocycles. The first-order valence-corrected chi connectivity index (χ1v) is 7.56. The van der Waals surface area contributed by atoms with Crippen LogP contribution >= 0.6 is 0 Å². The minimum absolute atomic E-state index is 0.0857. The molecule has 0 radical (unpaired) electrons. The summed E-state index contributed by atoms with van der Waals surface area (Å²) in [6.45, 7) is 7.44. The van der Waals surface area contributed by atoms with Gasteiger partial charge in [-0.15, -0.1) is 0 Å². The third-order valence-corrected chi connectivity index (χ3v) is 2.73. The molecule has 1 aliphatic heterocycles. The van der Waals surface area contributed by atoms with Crippen molar-refractivity contribution in [2.75, 3.05) is 6.61 Å². The monoisotopic (exact) mass is 172 g/mol. The van der Waals surface area contributed by atoms with Gasteiger partial charge >= 0.3 is 0 Å². The van der Waals surface area contributed by atoms with E-state index >= 15 is 0 Å². The normalized spacial score (nSPS) is 27.5. The Hall–Kier alpha value is -0.123. The van der Waals surface area contributed by atoms with E-state index in [4.69, 9.17) is 4.74 Å². The molecule has 11 heavy (non-hydrogen) atoms. The van der Waals surface area contributed by atoms with Crippen LogP contribution in [0.25, 0.3) is 0 Å². The smallest absolute Gasteiger partial charge is 0.110 e. The number of aliphatic hydroxyl groups excluding tert-OH is 1. The molecule has 64 valence electrons. The second-order valence-corrected chi connectivity index (χ2v) is 9.15. The highest BCUT2D eigenvalue weighted by atomic mass is 28.3. The van der Waals surface area contributed by atoms with Gasteiger partial charge in [-0.2, -0.15) is 0 Å². The number of hydrogen-bond donors (Lipinski definition) is 1. The zero-order chi connectivity index (χ0) is 8.48. The topological polar surface area (TPSA) is 32.8 Å². The molecule has 1 aliphatic rings. The first-order chi connectivity index (χ1) is 4.99. The van der Waals surface area contributed by atoms with Gasteiger partial charge in [-0.1, -0.05) is 31.4 Å². The maximum atomic E-state index is 9.36. The lowest BCUT2D eigenvalue weighted by Gasteiger charge is -2.09. The summed E-state index contributed by atoms with van der Waals surface area (Å²) in [6, 6.07) is 0. The molecule has 0 aromatic heterocycles. The minimum Gasteiger partial charge on any atom is -0.386 e. The van der Waals surface area contributed by atoms with Gasteiger partial charge in [0, 0.05) is 0 Å². The number of epoxide rings is 1. The number of aliphatic hydroxyl groups is 1. The quantitative estimate of drug-likeness (QED) is 0.512. The molecular weight excluding hydrogens is 156 g/mol. The summed E-state index contributed by atoms with van der Waals surface area (Å²) < 4.78 is 4.95. The van der Waals surface area contributed by atoms with Crippen LogP contribution in [0, 0.1) is 0 Å². The van der Waals surface area contributed by atoms with Crippen molar-refractivity contribution in [2.24, 2.45) is 0 Å². The Bertz CT molecular complexity index is 156. The van der Waals surface area contributed by atoms with Crippen LogP contribution in [0.4, 0.5) is 0 Å². The van der Waals surface area contributed by atoms with E-state index in [0.717, 1.165) is 6.61 Å². The van der Waals surface area contributed by atoms with Crippen LogP contribution in [-0.4, -0.2) is 32.0 Å². The van der Waals surface area contributed by atoms with Crippen LogP contribution < -0.4 is 0 Å². The van der Waals surface area contributed by atoms with Gasteiger partial charge < -0.3 is 9.84 Å². The Morgan fingerprint density at radius 1 is 1.55 bits per heavy atom. The van der Waals surface area contributed by atoms with Crippen molar-refractivity contribution in [1.82, 2.24) is 0 Å². The van der Waals surface area contributed by atoms with Crippen LogP contribution in [0.5, 0.6) is 0 Å². The predicted octanol–water partition coefficient (Wildman–Crippen LogP) is 1.18. The minimum atomic E-state index is -1.13. The lowest BCUT2D eigenvalue weighted by Crippen LogP contribution is -2.19. The Morgan fingerprint density at radius 2 is 2.09 bits per heavy atom. The van der Waals surface area contributed by atoms with E-state index in [1.807, 2.05) is 6.08 Å². The lowest BCUT2D eigenvalue weighted by molar-refractivity contribution is 0.178. The molecule has 0 aliphatic carbocycles. The van der Waals surface area contributed by atoms with Crippen LogP contribution in [0.2, 0.25) is 19.6 Å². The Balaban J connectivity index is 2.33. The average Bonchev–Trinajstić information content (AvgIpc) is 2.61. The van der Waals surface area contributed by atoms with Gasteiger partial charge in [0.1, 0.15) is 12.2 Å². The molecule has 0 amide bonds. The Labute approximate surface area is 68.9 Å². The van der Waals surface area contributed by atoms with E-state index in [-0.39, 0.29) is 12.2 Å². The van der Waals surface area contributed by atoms with Gasteiger partial charge in [0.15, 0.2) is 0 Å². The number of rotatable bonds is 3. The lowest BCUT2D eigenvalue weighted by atomic mass is 10.3. The molecular formula is C8H16O2Si. The molecule has 0 bridgehead atoms. The highest BCUT2D eigenvalue weighted by molar-refractivity contribution is 6.80. The van der Waals surface area contributed by atoms with E-state index in [9.17, 15) is 5.11 Å². The van der Waals surface area contributed by atoms with Crippen molar-refractivity contribution in [3.8, 4) is 0 Å². The zero-order valence-electron chi connectivity index (χ0n) is 7.37. The Morgan fingerprint density at radius 3 is 2.45 bits per heavy atom. The maximum absolute atomic E-state index is 9.36. The first-order valence-electron chi connectivity index (χ1n) is 3.98. The fourth-order valence-corrected chi connectivity index (χ4v) is 1.54. The van der Waals surface area contributed by atoms with E-state index < -0.39 is 8.07 Å². The third-order valence-electron chi connectivity index (χ3n) is 1.53. The van der Waals surface area contributed by atoms with E-state index in [2.05, 4.69) is 25.3 Å². The predicted molar refractivity (Wildman–Crippen MR) is 48.2 cm³/mol. The molecule has 2 nitrogen and oxygen atoms in total. The van der Waals surface area contributed by atoms with Gasteiger partial charge in [0.05, 0.1) is 14.7 Å². The zero-order valence-corrected chi connectivity index (χ0v) is 8.37. The second kappa shape index (κ2) is 3.09. The first kappa shape index (κ1) is 8.97. The van der Waals surface area contributed by atoms with Crippen LogP contribution in [0.3, 0.4) is 0 Å². The standard InChI is InChI=1S/C8H16O2Si/c1-11(2,3)5-4-7(9)8-6-10-8/h4-5,7-9H,6H2,1-3H3/b5-4+/t7-,8+/m0/s1. The molecule has 0 aromatic rings. The van der Waals surface area contributed by atoms with Gasteiger partial charge in [0.25, 0.3) is 0 Å². The highest BCUT2D eigenvalue weighted by Gasteiger charge is 2.29. The van der Waals surface area contributed by atoms with E-state index in [0.29, 0.717) is 0 Å². The highest BCUT2D eigenvalue weighted by Crippen LogP contribution is 2.15. The van der Waals surface area contributed by atoms with E-state index in [1.54, 1.807) is 0 Å². The number of ether oxygens (including phenoxy) is 1.